The van der Waals surface area contributed by atoms with Crippen molar-refractivity contribution in [1.82, 2.24) is 5.32 Å². The summed E-state index contributed by atoms with van der Waals surface area (Å²) in [5.74, 6) is 0.632. The number of fused-ring (bicyclic) bond motifs is 1. The lowest BCUT2D eigenvalue weighted by molar-refractivity contribution is -0.385. The molecule has 0 radical (unpaired) electrons. The first-order valence-electron chi connectivity index (χ1n) is 9.79. The van der Waals surface area contributed by atoms with Gasteiger partial charge in [0.15, 0.2) is 23.0 Å². The van der Waals surface area contributed by atoms with Crippen LogP contribution in [0.15, 0.2) is 24.3 Å². The predicted molar refractivity (Wildman–Crippen MR) is 115 cm³/mol. The lowest BCUT2D eigenvalue weighted by Crippen LogP contribution is -2.24. The molecule has 0 spiro atoms. The summed E-state index contributed by atoms with van der Waals surface area (Å²) in [6.45, 7) is 1.52. The fourth-order valence-electron chi connectivity index (χ4n) is 3.05. The van der Waals surface area contributed by atoms with Crippen molar-refractivity contribution in [3.05, 3.63) is 50.5 Å². The number of carbonyl (C=O) groups is 1. The van der Waals surface area contributed by atoms with Gasteiger partial charge in [0, 0.05) is 26.1 Å². The quantitative estimate of drug-likeness (QED) is 0.339. The Hall–Kier alpha value is -3.24. The van der Waals surface area contributed by atoms with Crippen molar-refractivity contribution in [2.24, 2.45) is 0 Å². The number of benzene rings is 2. The minimum absolute atomic E-state index is 0.0702. The number of hydrogen-bond acceptors (Lipinski definition) is 8. The Balaban J connectivity index is 1.80. The van der Waals surface area contributed by atoms with Crippen LogP contribution in [0.2, 0.25) is 5.02 Å². The van der Waals surface area contributed by atoms with E-state index in [2.05, 4.69) is 5.32 Å². The van der Waals surface area contributed by atoms with E-state index in [1.165, 1.54) is 20.3 Å². The highest BCUT2D eigenvalue weighted by Gasteiger charge is 2.25. The summed E-state index contributed by atoms with van der Waals surface area (Å²) in [6, 6.07) is 5.80. The van der Waals surface area contributed by atoms with Crippen molar-refractivity contribution >= 4 is 23.2 Å². The number of nitro benzene ring substituents is 1. The number of hydrogen-bond donors (Lipinski definition) is 1. The molecule has 0 aromatic heterocycles. The van der Waals surface area contributed by atoms with E-state index in [0.717, 1.165) is 12.5 Å². The van der Waals surface area contributed by atoms with E-state index in [1.54, 1.807) is 12.1 Å². The summed E-state index contributed by atoms with van der Waals surface area (Å²) in [6.07, 6.45) is 0.730. The number of carbonyl (C=O) groups excluding carboxylic acids is 1. The number of nitro groups is 1. The smallest absolute Gasteiger partial charge is 0.286 e. The van der Waals surface area contributed by atoms with Gasteiger partial charge in [0.2, 0.25) is 0 Å². The summed E-state index contributed by atoms with van der Waals surface area (Å²) in [5, 5.41) is 14.6. The van der Waals surface area contributed by atoms with Gasteiger partial charge in [0.25, 0.3) is 11.6 Å². The van der Waals surface area contributed by atoms with Crippen molar-refractivity contribution in [1.29, 1.82) is 0 Å². The van der Waals surface area contributed by atoms with E-state index in [1.807, 2.05) is 0 Å². The van der Waals surface area contributed by atoms with Crippen LogP contribution in [0.3, 0.4) is 0 Å². The van der Waals surface area contributed by atoms with Crippen LogP contribution in [-0.4, -0.2) is 51.5 Å². The van der Waals surface area contributed by atoms with Crippen molar-refractivity contribution in [3.8, 4) is 23.0 Å². The van der Waals surface area contributed by atoms with Gasteiger partial charge in [-0.15, -0.1) is 0 Å². The monoisotopic (exact) mass is 466 g/mol. The van der Waals surface area contributed by atoms with Gasteiger partial charge in [-0.3, -0.25) is 14.9 Å². The summed E-state index contributed by atoms with van der Waals surface area (Å²) in [7, 11) is 2.89. The van der Waals surface area contributed by atoms with Crippen molar-refractivity contribution in [2.75, 3.05) is 40.6 Å². The zero-order valence-electron chi connectivity index (χ0n) is 17.6. The highest BCUT2D eigenvalue weighted by atomic mass is 35.5. The summed E-state index contributed by atoms with van der Waals surface area (Å²) >= 11 is 6.28. The zero-order valence-corrected chi connectivity index (χ0v) is 18.4. The van der Waals surface area contributed by atoms with Gasteiger partial charge in [-0.05, 0) is 17.7 Å². The largest absolute Gasteiger partial charge is 0.493 e. The molecule has 0 aliphatic carbocycles. The van der Waals surface area contributed by atoms with E-state index in [4.69, 9.17) is 35.3 Å². The Kier molecular flexibility index (Phi) is 7.96. The predicted octanol–water partition coefficient (Wildman–Crippen LogP) is 3.37. The molecule has 0 saturated carbocycles. The second-order valence-electron chi connectivity index (χ2n) is 6.76. The van der Waals surface area contributed by atoms with Crippen LogP contribution in [0.25, 0.3) is 0 Å². The highest BCUT2D eigenvalue weighted by molar-refractivity contribution is 6.32. The standard InChI is InChI=1S/C21H23ClN2O8/c1-28-6-7-31-18-11-16(24(26)27)14(10-17(18)29-2)21(25)23-12-13-8-15(22)20-19(9-13)30-4-3-5-32-20/h8-11H,3-7,12H2,1-2H3,(H,23,25). The number of nitrogens with one attached hydrogen (secondary N) is 1. The molecule has 1 amide bonds. The molecule has 1 heterocycles. The molecule has 32 heavy (non-hydrogen) atoms. The lowest BCUT2D eigenvalue weighted by Gasteiger charge is -2.14. The number of nitrogens with zero attached hydrogens (tertiary/aromatic N) is 1. The fourth-order valence-corrected chi connectivity index (χ4v) is 3.34. The number of ether oxygens (including phenoxy) is 5. The maximum atomic E-state index is 12.8. The molecule has 2 aromatic carbocycles. The summed E-state index contributed by atoms with van der Waals surface area (Å²) < 4.78 is 26.9. The van der Waals surface area contributed by atoms with Crippen LogP contribution in [0.1, 0.15) is 22.3 Å². The average molecular weight is 467 g/mol. The number of amides is 1. The van der Waals surface area contributed by atoms with Gasteiger partial charge in [0.1, 0.15) is 12.2 Å². The third kappa shape index (κ3) is 5.51. The number of rotatable bonds is 9. The molecule has 0 bridgehead atoms. The van der Waals surface area contributed by atoms with Gasteiger partial charge in [-0.25, -0.2) is 0 Å². The van der Waals surface area contributed by atoms with Crippen molar-refractivity contribution in [3.63, 3.8) is 0 Å². The maximum Gasteiger partial charge on any atom is 0.286 e. The first-order valence-corrected chi connectivity index (χ1v) is 10.2. The molecule has 10 nitrogen and oxygen atoms in total. The van der Waals surface area contributed by atoms with E-state index in [-0.39, 0.29) is 36.8 Å². The van der Waals surface area contributed by atoms with Gasteiger partial charge >= 0.3 is 0 Å². The normalized spacial score (nSPS) is 12.6. The molecule has 0 fully saturated rings. The minimum Gasteiger partial charge on any atom is -0.493 e. The third-order valence-electron chi connectivity index (χ3n) is 4.58. The average Bonchev–Trinajstić information content (AvgIpc) is 3.03. The van der Waals surface area contributed by atoms with E-state index < -0.39 is 16.5 Å². The third-order valence-corrected chi connectivity index (χ3v) is 4.86. The summed E-state index contributed by atoms with van der Waals surface area (Å²) in [4.78, 5) is 23.7. The fraction of sp³-hybridized carbons (Fsp3) is 0.381. The van der Waals surface area contributed by atoms with Crippen LogP contribution in [0.5, 0.6) is 23.0 Å². The van der Waals surface area contributed by atoms with Gasteiger partial charge in [-0.2, -0.15) is 0 Å². The molecule has 1 N–H and O–H groups in total. The highest BCUT2D eigenvalue weighted by Crippen LogP contribution is 2.38. The van der Waals surface area contributed by atoms with Crippen LogP contribution in [-0.2, 0) is 11.3 Å². The Labute approximate surface area is 189 Å². The van der Waals surface area contributed by atoms with Crippen LogP contribution in [0.4, 0.5) is 5.69 Å². The zero-order chi connectivity index (χ0) is 23.1. The molecule has 0 unspecified atom stereocenters. The number of halogens is 1. The molecule has 3 rings (SSSR count). The second kappa shape index (κ2) is 10.9. The van der Waals surface area contributed by atoms with Gasteiger partial charge in [0.05, 0.1) is 42.9 Å². The van der Waals surface area contributed by atoms with Crippen LogP contribution < -0.4 is 24.3 Å². The molecular formula is C21H23ClN2O8. The van der Waals surface area contributed by atoms with Gasteiger partial charge < -0.3 is 29.0 Å². The molecule has 0 saturated heterocycles. The first-order chi connectivity index (χ1) is 15.4. The first kappa shape index (κ1) is 23.4. The Bertz CT molecular complexity index is 998. The van der Waals surface area contributed by atoms with E-state index in [9.17, 15) is 14.9 Å². The Morgan fingerprint density at radius 3 is 2.66 bits per heavy atom. The number of methoxy groups -OCH3 is 2. The Morgan fingerprint density at radius 2 is 1.94 bits per heavy atom. The van der Waals surface area contributed by atoms with Gasteiger partial charge in [-0.1, -0.05) is 11.6 Å². The molecule has 0 atom stereocenters. The maximum absolute atomic E-state index is 12.8. The second-order valence-corrected chi connectivity index (χ2v) is 7.16. The molecule has 1 aliphatic rings. The topological polar surface area (TPSA) is 118 Å². The minimum atomic E-state index is -0.651. The van der Waals surface area contributed by atoms with E-state index in [0.29, 0.717) is 35.3 Å². The van der Waals surface area contributed by atoms with Crippen LogP contribution >= 0.6 is 11.6 Å². The molecular weight excluding hydrogens is 444 g/mol. The van der Waals surface area contributed by atoms with E-state index >= 15 is 0 Å². The molecule has 172 valence electrons. The SMILES string of the molecule is COCCOc1cc([N+](=O)[O-])c(C(=O)NCc2cc(Cl)c3c(c2)OCCCO3)cc1OC. The molecule has 11 heteroatoms. The lowest BCUT2D eigenvalue weighted by atomic mass is 10.1. The molecule has 1 aliphatic heterocycles. The molecule has 2 aromatic rings. The summed E-state index contributed by atoms with van der Waals surface area (Å²) in [5.41, 5.74) is 0.0838. The van der Waals surface area contributed by atoms with Crippen molar-refractivity contribution < 1.29 is 33.4 Å². The van der Waals surface area contributed by atoms with Crippen LogP contribution in [0, 0.1) is 10.1 Å². The Morgan fingerprint density at radius 1 is 1.16 bits per heavy atom. The van der Waals surface area contributed by atoms with Crippen molar-refractivity contribution in [2.45, 2.75) is 13.0 Å².